The first-order valence-corrected chi connectivity index (χ1v) is 4.73. The van der Waals surface area contributed by atoms with Crippen molar-refractivity contribution in [1.29, 1.82) is 0 Å². The summed E-state index contributed by atoms with van der Waals surface area (Å²) in [6, 6.07) is 11.0. The third-order valence-corrected chi connectivity index (χ3v) is 2.27. The van der Waals surface area contributed by atoms with Crippen molar-refractivity contribution in [3.05, 3.63) is 57.8 Å². The van der Waals surface area contributed by atoms with E-state index >= 15 is 0 Å². The van der Waals surface area contributed by atoms with Gasteiger partial charge in [0, 0.05) is 11.1 Å². The zero-order valence-electron chi connectivity index (χ0n) is 7.72. The van der Waals surface area contributed by atoms with E-state index in [1.165, 1.54) is 22.8 Å². The summed E-state index contributed by atoms with van der Waals surface area (Å²) in [7, 11) is 0. The minimum absolute atomic E-state index is 0.0928. The zero-order chi connectivity index (χ0) is 10.8. The Bertz CT molecular complexity index is 531. The van der Waals surface area contributed by atoms with E-state index in [9.17, 15) is 9.90 Å². The quantitative estimate of drug-likeness (QED) is 0.802. The molecule has 1 N–H and O–H groups in total. The fourth-order valence-corrected chi connectivity index (χ4v) is 1.45. The van der Waals surface area contributed by atoms with Crippen molar-refractivity contribution in [2.24, 2.45) is 0 Å². The molecular weight excluding hydrogens is 214 g/mol. The van der Waals surface area contributed by atoms with Gasteiger partial charge >= 0.3 is 0 Å². The Balaban J connectivity index is 2.64. The number of nitrogens with zero attached hydrogens (tertiary/aromatic N) is 1. The van der Waals surface area contributed by atoms with E-state index in [1.54, 1.807) is 24.3 Å². The molecule has 0 aliphatic heterocycles. The van der Waals surface area contributed by atoms with Crippen LogP contribution in [-0.4, -0.2) is 9.67 Å². The molecule has 0 aliphatic rings. The van der Waals surface area contributed by atoms with E-state index in [0.717, 1.165) is 0 Å². The van der Waals surface area contributed by atoms with Gasteiger partial charge in [-0.15, -0.1) is 0 Å². The van der Waals surface area contributed by atoms with Crippen molar-refractivity contribution in [1.82, 2.24) is 4.57 Å². The van der Waals surface area contributed by atoms with Gasteiger partial charge in [-0.2, -0.15) is 0 Å². The highest BCUT2D eigenvalue weighted by atomic mass is 35.5. The van der Waals surface area contributed by atoms with E-state index in [0.29, 0.717) is 10.7 Å². The summed E-state index contributed by atoms with van der Waals surface area (Å²) >= 11 is 5.73. The van der Waals surface area contributed by atoms with Gasteiger partial charge in [0.05, 0.1) is 5.69 Å². The maximum absolute atomic E-state index is 11.5. The summed E-state index contributed by atoms with van der Waals surface area (Å²) in [5.41, 5.74) is 0.305. The molecule has 0 saturated heterocycles. The first-order chi connectivity index (χ1) is 7.18. The molecule has 0 saturated carbocycles. The number of pyridine rings is 1. The maximum atomic E-state index is 11.5. The predicted octanol–water partition coefficient (Wildman–Crippen LogP) is 2.20. The van der Waals surface area contributed by atoms with Gasteiger partial charge in [0.2, 0.25) is 0 Å². The lowest BCUT2D eigenvalue weighted by Gasteiger charge is -2.07. The lowest BCUT2D eigenvalue weighted by molar-refractivity contribution is 0.435. The van der Waals surface area contributed by atoms with Crippen LogP contribution < -0.4 is 5.56 Å². The average molecular weight is 222 g/mol. The molecule has 0 spiro atoms. The number of benzene rings is 1. The Morgan fingerprint density at radius 3 is 2.33 bits per heavy atom. The third-order valence-electron chi connectivity index (χ3n) is 2.02. The van der Waals surface area contributed by atoms with Crippen LogP contribution in [0.5, 0.6) is 5.88 Å². The van der Waals surface area contributed by atoms with Gasteiger partial charge in [-0.25, -0.2) is 4.57 Å². The van der Waals surface area contributed by atoms with E-state index in [2.05, 4.69) is 0 Å². The zero-order valence-corrected chi connectivity index (χ0v) is 8.48. The number of hydrogen-bond acceptors (Lipinski definition) is 2. The van der Waals surface area contributed by atoms with E-state index in [1.807, 2.05) is 0 Å². The fraction of sp³-hybridized carbons (Fsp3) is 0. The lowest BCUT2D eigenvalue weighted by Crippen LogP contribution is -2.16. The molecule has 76 valence electrons. The van der Waals surface area contributed by atoms with Crippen LogP contribution in [0.4, 0.5) is 0 Å². The molecule has 1 aromatic carbocycles. The van der Waals surface area contributed by atoms with Gasteiger partial charge < -0.3 is 5.11 Å². The van der Waals surface area contributed by atoms with Crippen LogP contribution in [0.3, 0.4) is 0 Å². The van der Waals surface area contributed by atoms with Gasteiger partial charge in [-0.3, -0.25) is 4.79 Å². The Labute approximate surface area is 91.2 Å². The highest BCUT2D eigenvalue weighted by Crippen LogP contribution is 2.16. The molecule has 0 fully saturated rings. The molecule has 0 unspecified atom stereocenters. The van der Waals surface area contributed by atoms with Crippen LogP contribution in [0.1, 0.15) is 0 Å². The van der Waals surface area contributed by atoms with Crippen molar-refractivity contribution >= 4 is 11.6 Å². The molecule has 4 heteroatoms. The van der Waals surface area contributed by atoms with Crippen LogP contribution in [0.25, 0.3) is 5.69 Å². The Morgan fingerprint density at radius 1 is 1.07 bits per heavy atom. The Kier molecular flexibility index (Phi) is 2.47. The molecular formula is C11H8ClNO2. The molecule has 3 nitrogen and oxygen atoms in total. The van der Waals surface area contributed by atoms with E-state index in [4.69, 9.17) is 11.6 Å². The summed E-state index contributed by atoms with van der Waals surface area (Å²) < 4.78 is 1.20. The van der Waals surface area contributed by atoms with Gasteiger partial charge in [0.1, 0.15) is 0 Å². The molecule has 2 rings (SSSR count). The van der Waals surface area contributed by atoms with Crippen molar-refractivity contribution in [3.63, 3.8) is 0 Å². The minimum atomic E-state index is -0.280. The molecule has 1 aromatic heterocycles. The normalized spacial score (nSPS) is 10.2. The SMILES string of the molecule is O=c1cccc(O)n1-c1ccc(Cl)cc1. The summed E-state index contributed by atoms with van der Waals surface area (Å²) in [6.07, 6.45) is 0. The van der Waals surface area contributed by atoms with Crippen molar-refractivity contribution < 1.29 is 5.11 Å². The van der Waals surface area contributed by atoms with Crippen LogP contribution in [-0.2, 0) is 0 Å². The largest absolute Gasteiger partial charge is 0.494 e. The smallest absolute Gasteiger partial charge is 0.257 e. The predicted molar refractivity (Wildman–Crippen MR) is 58.7 cm³/mol. The van der Waals surface area contributed by atoms with E-state index in [-0.39, 0.29) is 11.4 Å². The average Bonchev–Trinajstić information content (AvgIpc) is 2.20. The van der Waals surface area contributed by atoms with Gasteiger partial charge in [0.25, 0.3) is 5.56 Å². The standard InChI is InChI=1S/C11H8ClNO2/c12-8-4-6-9(7-5-8)13-10(14)2-1-3-11(13)15/h1-7,14H. The summed E-state index contributed by atoms with van der Waals surface area (Å²) in [6.45, 7) is 0. The molecule has 2 aromatic rings. The number of hydrogen-bond donors (Lipinski definition) is 1. The molecule has 0 atom stereocenters. The second kappa shape index (κ2) is 3.79. The van der Waals surface area contributed by atoms with Crippen LogP contribution in [0.2, 0.25) is 5.02 Å². The minimum Gasteiger partial charge on any atom is -0.494 e. The topological polar surface area (TPSA) is 42.2 Å². The number of aromatic nitrogens is 1. The summed E-state index contributed by atoms with van der Waals surface area (Å²) in [4.78, 5) is 11.5. The van der Waals surface area contributed by atoms with Crippen molar-refractivity contribution in [2.75, 3.05) is 0 Å². The number of halogens is 1. The van der Waals surface area contributed by atoms with Crippen LogP contribution >= 0.6 is 11.6 Å². The monoisotopic (exact) mass is 221 g/mol. The Morgan fingerprint density at radius 2 is 1.73 bits per heavy atom. The summed E-state index contributed by atoms with van der Waals surface area (Å²) in [5.74, 6) is -0.0928. The van der Waals surface area contributed by atoms with E-state index < -0.39 is 0 Å². The van der Waals surface area contributed by atoms with Crippen LogP contribution in [0, 0.1) is 0 Å². The maximum Gasteiger partial charge on any atom is 0.257 e. The lowest BCUT2D eigenvalue weighted by atomic mass is 10.3. The fourth-order valence-electron chi connectivity index (χ4n) is 1.33. The number of rotatable bonds is 1. The van der Waals surface area contributed by atoms with Crippen molar-refractivity contribution in [2.45, 2.75) is 0 Å². The van der Waals surface area contributed by atoms with Crippen LogP contribution in [0.15, 0.2) is 47.3 Å². The van der Waals surface area contributed by atoms with Crippen molar-refractivity contribution in [3.8, 4) is 11.6 Å². The molecule has 1 heterocycles. The molecule has 0 amide bonds. The Hall–Kier alpha value is -1.74. The first-order valence-electron chi connectivity index (χ1n) is 4.35. The van der Waals surface area contributed by atoms with Gasteiger partial charge in [0.15, 0.2) is 5.88 Å². The molecule has 15 heavy (non-hydrogen) atoms. The highest BCUT2D eigenvalue weighted by molar-refractivity contribution is 6.30. The molecule has 0 bridgehead atoms. The molecule has 0 aliphatic carbocycles. The first kappa shape index (κ1) is 9.80. The second-order valence-electron chi connectivity index (χ2n) is 3.03. The molecule has 0 radical (unpaired) electrons. The third kappa shape index (κ3) is 1.87. The number of aromatic hydroxyl groups is 1. The summed E-state index contributed by atoms with van der Waals surface area (Å²) in [5, 5.41) is 10.1. The van der Waals surface area contributed by atoms with Gasteiger partial charge in [-0.05, 0) is 30.3 Å². The highest BCUT2D eigenvalue weighted by Gasteiger charge is 2.03. The van der Waals surface area contributed by atoms with Gasteiger partial charge in [-0.1, -0.05) is 17.7 Å². The second-order valence-corrected chi connectivity index (χ2v) is 3.47.